The van der Waals surface area contributed by atoms with Gasteiger partial charge in [-0.25, -0.2) is 0 Å². The van der Waals surface area contributed by atoms with Gasteiger partial charge in [0.25, 0.3) is 5.91 Å². The molecule has 0 heterocycles. The number of hydrogen-bond acceptors (Lipinski definition) is 2. The predicted octanol–water partition coefficient (Wildman–Crippen LogP) is 4.22. The summed E-state index contributed by atoms with van der Waals surface area (Å²) in [5, 5.41) is 2.94. The van der Waals surface area contributed by atoms with Gasteiger partial charge >= 0.3 is 0 Å². The fraction of sp³-hybridized carbons (Fsp3) is 0.619. The van der Waals surface area contributed by atoms with Gasteiger partial charge in [-0.1, -0.05) is 6.92 Å². The number of nitrogens with one attached hydrogen (secondary N) is 1. The highest BCUT2D eigenvalue weighted by Crippen LogP contribution is 2.36. The van der Waals surface area contributed by atoms with Crippen molar-refractivity contribution < 1.29 is 9.59 Å². The minimum Gasteiger partial charge on any atom is -0.333 e. The van der Waals surface area contributed by atoms with Crippen molar-refractivity contribution in [2.75, 3.05) is 5.32 Å². The first-order valence-electron chi connectivity index (χ1n) is 9.85. The zero-order chi connectivity index (χ0) is 17.4. The molecule has 0 aromatic heterocycles. The maximum absolute atomic E-state index is 13.1. The summed E-state index contributed by atoms with van der Waals surface area (Å²) in [6, 6.07) is 8.31. The van der Waals surface area contributed by atoms with Gasteiger partial charge in [0.15, 0.2) is 0 Å². The number of benzene rings is 1. The van der Waals surface area contributed by atoms with E-state index in [2.05, 4.69) is 17.1 Å². The molecular weight excluding hydrogens is 312 g/mol. The molecule has 0 aliphatic heterocycles. The molecule has 3 fully saturated rings. The molecule has 0 spiro atoms. The number of amides is 2. The lowest BCUT2D eigenvalue weighted by Gasteiger charge is -2.36. The molecule has 0 bridgehead atoms. The average Bonchev–Trinajstić information content (AvgIpc) is 3.50. The van der Waals surface area contributed by atoms with E-state index in [0.717, 1.165) is 55.7 Å². The molecule has 0 radical (unpaired) electrons. The van der Waals surface area contributed by atoms with Gasteiger partial charge in [0.05, 0.1) is 0 Å². The first-order valence-corrected chi connectivity index (χ1v) is 9.85. The Balaban J connectivity index is 1.43. The van der Waals surface area contributed by atoms with Gasteiger partial charge in [0.1, 0.15) is 0 Å². The van der Waals surface area contributed by atoms with E-state index in [4.69, 9.17) is 0 Å². The fourth-order valence-electron chi connectivity index (χ4n) is 3.94. The van der Waals surface area contributed by atoms with Crippen molar-refractivity contribution in [1.82, 2.24) is 4.90 Å². The largest absolute Gasteiger partial charge is 0.333 e. The summed E-state index contributed by atoms with van der Waals surface area (Å²) in [4.78, 5) is 27.1. The maximum Gasteiger partial charge on any atom is 0.254 e. The zero-order valence-electron chi connectivity index (χ0n) is 15.0. The number of nitrogens with zero attached hydrogens (tertiary/aromatic N) is 1. The van der Waals surface area contributed by atoms with E-state index in [0.29, 0.717) is 12.1 Å². The lowest BCUT2D eigenvalue weighted by Crippen LogP contribution is -2.43. The van der Waals surface area contributed by atoms with Crippen LogP contribution in [0.5, 0.6) is 0 Å². The maximum atomic E-state index is 13.1. The SMILES string of the molecule is CC1CCC(N(C(=O)c2ccc(NC(=O)C3CC3)cc2)C2CC2)CC1. The predicted molar refractivity (Wildman–Crippen MR) is 98.4 cm³/mol. The topological polar surface area (TPSA) is 49.4 Å². The number of hydrogen-bond donors (Lipinski definition) is 1. The Morgan fingerprint density at radius 1 is 0.880 bits per heavy atom. The van der Waals surface area contributed by atoms with Crippen LogP contribution in [0.4, 0.5) is 5.69 Å². The number of anilines is 1. The number of carbonyl (C=O) groups is 2. The van der Waals surface area contributed by atoms with Crippen LogP contribution in [-0.4, -0.2) is 28.8 Å². The Hall–Kier alpha value is -1.84. The van der Waals surface area contributed by atoms with Crippen LogP contribution in [0.15, 0.2) is 24.3 Å². The van der Waals surface area contributed by atoms with E-state index in [9.17, 15) is 9.59 Å². The molecular formula is C21H28N2O2. The van der Waals surface area contributed by atoms with Crippen LogP contribution in [0.2, 0.25) is 0 Å². The molecule has 4 heteroatoms. The molecule has 134 valence electrons. The van der Waals surface area contributed by atoms with Gasteiger partial charge in [-0.3, -0.25) is 9.59 Å². The lowest BCUT2D eigenvalue weighted by molar-refractivity contribution is -0.117. The van der Waals surface area contributed by atoms with E-state index in [1.165, 1.54) is 12.8 Å². The second kappa shape index (κ2) is 6.81. The highest BCUT2D eigenvalue weighted by atomic mass is 16.2. The molecule has 3 saturated carbocycles. The van der Waals surface area contributed by atoms with Crippen molar-refractivity contribution in [1.29, 1.82) is 0 Å². The summed E-state index contributed by atoms with van der Waals surface area (Å²) in [5.41, 5.74) is 1.54. The highest BCUT2D eigenvalue weighted by Gasteiger charge is 2.38. The minimum atomic E-state index is 0.106. The van der Waals surface area contributed by atoms with Gasteiger partial charge in [0.2, 0.25) is 5.91 Å². The van der Waals surface area contributed by atoms with Crippen molar-refractivity contribution >= 4 is 17.5 Å². The molecule has 0 atom stereocenters. The van der Waals surface area contributed by atoms with Crippen LogP contribution in [0.25, 0.3) is 0 Å². The third kappa shape index (κ3) is 3.88. The average molecular weight is 340 g/mol. The third-order valence-electron chi connectivity index (χ3n) is 5.90. The standard InChI is InChI=1S/C21H28N2O2/c1-14-2-10-18(11-3-14)23(19-12-13-19)21(25)16-6-8-17(9-7-16)22-20(24)15-4-5-15/h6-9,14-15,18-19H,2-5,10-13H2,1H3,(H,22,24). The summed E-state index contributed by atoms with van der Waals surface area (Å²) >= 11 is 0. The smallest absolute Gasteiger partial charge is 0.254 e. The summed E-state index contributed by atoms with van der Waals surface area (Å²) in [7, 11) is 0. The highest BCUT2D eigenvalue weighted by molar-refractivity contribution is 5.97. The Morgan fingerprint density at radius 2 is 1.44 bits per heavy atom. The molecule has 1 N–H and O–H groups in total. The lowest BCUT2D eigenvalue weighted by atomic mass is 9.86. The first-order chi connectivity index (χ1) is 12.1. The molecule has 0 saturated heterocycles. The van der Waals surface area contributed by atoms with Gasteiger partial charge in [-0.05, 0) is 81.5 Å². The van der Waals surface area contributed by atoms with E-state index in [1.54, 1.807) is 0 Å². The minimum absolute atomic E-state index is 0.106. The van der Waals surface area contributed by atoms with Crippen LogP contribution in [-0.2, 0) is 4.79 Å². The fourth-order valence-corrected chi connectivity index (χ4v) is 3.94. The van der Waals surface area contributed by atoms with Crippen molar-refractivity contribution in [3.8, 4) is 0 Å². The summed E-state index contributed by atoms with van der Waals surface area (Å²) < 4.78 is 0. The molecule has 25 heavy (non-hydrogen) atoms. The molecule has 0 unspecified atom stereocenters. The van der Waals surface area contributed by atoms with Crippen molar-refractivity contribution in [2.45, 2.75) is 70.4 Å². The second-order valence-corrected chi connectivity index (χ2v) is 8.20. The number of rotatable bonds is 5. The van der Waals surface area contributed by atoms with Crippen LogP contribution in [0.1, 0.15) is 68.6 Å². The van der Waals surface area contributed by atoms with Crippen LogP contribution < -0.4 is 5.32 Å². The first kappa shape index (κ1) is 16.6. The molecule has 1 aromatic rings. The summed E-state index contributed by atoms with van der Waals surface area (Å²) in [6.45, 7) is 2.31. The van der Waals surface area contributed by atoms with Crippen LogP contribution in [0.3, 0.4) is 0 Å². The van der Waals surface area contributed by atoms with Crippen LogP contribution in [0, 0.1) is 11.8 Å². The van der Waals surface area contributed by atoms with Crippen molar-refractivity contribution in [3.05, 3.63) is 29.8 Å². The Bertz CT molecular complexity index is 638. The zero-order valence-corrected chi connectivity index (χ0v) is 15.0. The van der Waals surface area contributed by atoms with Crippen LogP contribution >= 0.6 is 0 Å². The molecule has 1 aromatic carbocycles. The van der Waals surface area contributed by atoms with Crippen molar-refractivity contribution in [3.63, 3.8) is 0 Å². The van der Waals surface area contributed by atoms with Gasteiger partial charge < -0.3 is 10.2 Å². The quantitative estimate of drug-likeness (QED) is 0.872. The Morgan fingerprint density at radius 3 is 1.96 bits per heavy atom. The third-order valence-corrected chi connectivity index (χ3v) is 5.90. The van der Waals surface area contributed by atoms with Crippen molar-refractivity contribution in [2.24, 2.45) is 11.8 Å². The summed E-state index contributed by atoms with van der Waals surface area (Å²) in [5.74, 6) is 1.26. The molecule has 3 aliphatic carbocycles. The summed E-state index contributed by atoms with van der Waals surface area (Å²) in [6.07, 6.45) is 9.02. The molecule has 2 amide bonds. The van der Waals surface area contributed by atoms with E-state index in [-0.39, 0.29) is 17.7 Å². The Labute approximate surface area is 150 Å². The van der Waals surface area contributed by atoms with E-state index in [1.807, 2.05) is 24.3 Å². The van der Waals surface area contributed by atoms with E-state index >= 15 is 0 Å². The van der Waals surface area contributed by atoms with E-state index < -0.39 is 0 Å². The second-order valence-electron chi connectivity index (χ2n) is 8.20. The number of carbonyl (C=O) groups excluding carboxylic acids is 2. The Kier molecular flexibility index (Phi) is 4.53. The van der Waals surface area contributed by atoms with Gasteiger partial charge in [0, 0.05) is 29.3 Å². The van der Waals surface area contributed by atoms with Gasteiger partial charge in [-0.15, -0.1) is 0 Å². The van der Waals surface area contributed by atoms with Gasteiger partial charge in [-0.2, -0.15) is 0 Å². The molecule has 4 nitrogen and oxygen atoms in total. The normalized spacial score (nSPS) is 26.1. The molecule has 3 aliphatic rings. The monoisotopic (exact) mass is 340 g/mol. The molecule has 4 rings (SSSR count).